The van der Waals surface area contributed by atoms with E-state index in [0.29, 0.717) is 11.3 Å². The van der Waals surface area contributed by atoms with Gasteiger partial charge < -0.3 is 10.5 Å². The van der Waals surface area contributed by atoms with E-state index < -0.39 is 0 Å². The normalized spacial score (nSPS) is 12.2. The van der Waals surface area contributed by atoms with Gasteiger partial charge in [0.1, 0.15) is 18.2 Å². The van der Waals surface area contributed by atoms with Gasteiger partial charge in [0.25, 0.3) is 0 Å². The predicted octanol–water partition coefficient (Wildman–Crippen LogP) is 4.19. The first-order chi connectivity index (χ1) is 9.08. The van der Waals surface area contributed by atoms with Crippen molar-refractivity contribution in [1.29, 1.82) is 0 Å². The number of ether oxygens (including phenoxy) is 1. The maximum Gasteiger partial charge on any atom is 0.129 e. The van der Waals surface area contributed by atoms with E-state index in [9.17, 15) is 4.39 Å². The molecule has 0 heterocycles. The third-order valence-electron chi connectivity index (χ3n) is 2.80. The summed E-state index contributed by atoms with van der Waals surface area (Å²) in [7, 11) is 0. The Morgan fingerprint density at radius 2 is 2.00 bits per heavy atom. The number of hydrogen-bond acceptors (Lipinski definition) is 2. The summed E-state index contributed by atoms with van der Waals surface area (Å²) in [5.41, 5.74) is 7.33. The highest BCUT2D eigenvalue weighted by Gasteiger charge is 2.10. The highest BCUT2D eigenvalue weighted by Crippen LogP contribution is 2.28. The molecular formula is C15H15BrFNO. The van der Waals surface area contributed by atoms with Gasteiger partial charge in [0.05, 0.1) is 0 Å². The summed E-state index contributed by atoms with van der Waals surface area (Å²) >= 11 is 3.40. The smallest absolute Gasteiger partial charge is 0.129 e. The minimum atomic E-state index is -0.262. The summed E-state index contributed by atoms with van der Waals surface area (Å²) in [6.45, 7) is 2.08. The summed E-state index contributed by atoms with van der Waals surface area (Å²) in [4.78, 5) is 0. The Kier molecular flexibility index (Phi) is 4.56. The molecule has 0 bridgehead atoms. The van der Waals surface area contributed by atoms with Crippen LogP contribution in [0.2, 0.25) is 0 Å². The number of halogens is 2. The molecule has 0 fully saturated rings. The summed E-state index contributed by atoms with van der Waals surface area (Å²) in [5.74, 6) is 0.420. The van der Waals surface area contributed by atoms with Crippen LogP contribution < -0.4 is 10.5 Å². The van der Waals surface area contributed by atoms with Crippen LogP contribution in [0.4, 0.5) is 4.39 Å². The van der Waals surface area contributed by atoms with Crippen molar-refractivity contribution < 1.29 is 9.13 Å². The molecule has 0 aliphatic heterocycles. The summed E-state index contributed by atoms with van der Waals surface area (Å²) in [6.07, 6.45) is 0. The molecule has 0 amide bonds. The van der Waals surface area contributed by atoms with Crippen molar-refractivity contribution in [3.63, 3.8) is 0 Å². The van der Waals surface area contributed by atoms with Crippen molar-refractivity contribution in [3.05, 3.63) is 63.9 Å². The van der Waals surface area contributed by atoms with Gasteiger partial charge in [0.2, 0.25) is 0 Å². The maximum absolute atomic E-state index is 13.5. The SMILES string of the molecule is C[C@H](N)c1cc(Br)ccc1OCc1ccccc1F. The van der Waals surface area contributed by atoms with Crippen LogP contribution in [0.25, 0.3) is 0 Å². The third-order valence-corrected chi connectivity index (χ3v) is 3.30. The molecule has 2 aromatic rings. The number of nitrogens with two attached hydrogens (primary N) is 1. The topological polar surface area (TPSA) is 35.2 Å². The first-order valence-corrected chi connectivity index (χ1v) is 6.78. The standard InChI is InChI=1S/C15H15BrFNO/c1-10(18)13-8-12(16)6-7-15(13)19-9-11-4-2-3-5-14(11)17/h2-8,10H,9,18H2,1H3/t10-/m0/s1. The summed E-state index contributed by atoms with van der Waals surface area (Å²) in [6, 6.07) is 12.1. The molecule has 19 heavy (non-hydrogen) atoms. The van der Waals surface area contributed by atoms with Crippen molar-refractivity contribution in [3.8, 4) is 5.75 Å². The molecule has 4 heteroatoms. The molecule has 0 radical (unpaired) electrons. The van der Waals surface area contributed by atoms with Crippen LogP contribution in [0.3, 0.4) is 0 Å². The van der Waals surface area contributed by atoms with Gasteiger partial charge in [0, 0.05) is 21.6 Å². The summed E-state index contributed by atoms with van der Waals surface area (Å²) in [5, 5.41) is 0. The van der Waals surface area contributed by atoms with Gasteiger partial charge >= 0.3 is 0 Å². The molecule has 100 valence electrons. The number of benzene rings is 2. The zero-order valence-corrected chi connectivity index (χ0v) is 12.2. The molecule has 0 aliphatic rings. The molecule has 0 aliphatic carbocycles. The third kappa shape index (κ3) is 3.55. The highest BCUT2D eigenvalue weighted by atomic mass is 79.9. The van der Waals surface area contributed by atoms with Crippen LogP contribution in [0.5, 0.6) is 5.75 Å². The van der Waals surface area contributed by atoms with E-state index in [0.717, 1.165) is 10.0 Å². The van der Waals surface area contributed by atoms with E-state index in [1.807, 2.05) is 25.1 Å². The van der Waals surface area contributed by atoms with Gasteiger partial charge in [-0.05, 0) is 31.2 Å². The zero-order chi connectivity index (χ0) is 13.8. The van der Waals surface area contributed by atoms with Crippen LogP contribution >= 0.6 is 15.9 Å². The Morgan fingerprint density at radius 1 is 1.26 bits per heavy atom. The van der Waals surface area contributed by atoms with E-state index in [1.165, 1.54) is 6.07 Å². The van der Waals surface area contributed by atoms with Gasteiger partial charge in [-0.15, -0.1) is 0 Å². The molecule has 0 aromatic heterocycles. The Hall–Kier alpha value is -1.39. The van der Waals surface area contributed by atoms with Crippen LogP contribution in [-0.2, 0) is 6.61 Å². The predicted molar refractivity (Wildman–Crippen MR) is 77.5 cm³/mol. The van der Waals surface area contributed by atoms with Crippen LogP contribution in [0, 0.1) is 5.82 Å². The molecule has 1 atom stereocenters. The fraction of sp³-hybridized carbons (Fsp3) is 0.200. The van der Waals surface area contributed by atoms with Gasteiger partial charge in [-0.25, -0.2) is 4.39 Å². The van der Waals surface area contributed by atoms with E-state index in [2.05, 4.69) is 15.9 Å². The maximum atomic E-state index is 13.5. The molecule has 0 unspecified atom stereocenters. The second-order valence-electron chi connectivity index (χ2n) is 4.35. The molecule has 2 rings (SSSR count). The summed E-state index contributed by atoms with van der Waals surface area (Å²) < 4.78 is 20.1. The fourth-order valence-corrected chi connectivity index (χ4v) is 2.16. The van der Waals surface area contributed by atoms with E-state index >= 15 is 0 Å². The molecule has 0 spiro atoms. The lowest BCUT2D eigenvalue weighted by Crippen LogP contribution is -2.08. The fourth-order valence-electron chi connectivity index (χ4n) is 1.78. The highest BCUT2D eigenvalue weighted by molar-refractivity contribution is 9.10. The van der Waals surface area contributed by atoms with Crippen LogP contribution in [-0.4, -0.2) is 0 Å². The van der Waals surface area contributed by atoms with Crippen molar-refractivity contribution in [2.45, 2.75) is 19.6 Å². The molecular weight excluding hydrogens is 309 g/mol. The lowest BCUT2D eigenvalue weighted by Gasteiger charge is -2.14. The monoisotopic (exact) mass is 323 g/mol. The van der Waals surface area contributed by atoms with Crippen LogP contribution in [0.1, 0.15) is 24.1 Å². The largest absolute Gasteiger partial charge is 0.488 e. The first-order valence-electron chi connectivity index (χ1n) is 5.99. The molecule has 2 aromatic carbocycles. The van der Waals surface area contributed by atoms with Crippen LogP contribution in [0.15, 0.2) is 46.9 Å². The van der Waals surface area contributed by atoms with Crippen molar-refractivity contribution >= 4 is 15.9 Å². The van der Waals surface area contributed by atoms with E-state index in [-0.39, 0.29) is 18.5 Å². The van der Waals surface area contributed by atoms with Gasteiger partial charge in [0.15, 0.2) is 0 Å². The van der Waals surface area contributed by atoms with Crippen molar-refractivity contribution in [2.75, 3.05) is 0 Å². The Bertz CT molecular complexity index is 572. The minimum Gasteiger partial charge on any atom is -0.488 e. The van der Waals surface area contributed by atoms with Crippen molar-refractivity contribution in [2.24, 2.45) is 5.73 Å². The van der Waals surface area contributed by atoms with Gasteiger partial charge in [-0.3, -0.25) is 0 Å². The Labute approximate surface area is 120 Å². The Morgan fingerprint density at radius 3 is 2.68 bits per heavy atom. The second-order valence-corrected chi connectivity index (χ2v) is 5.27. The van der Waals surface area contributed by atoms with Crippen molar-refractivity contribution in [1.82, 2.24) is 0 Å². The van der Waals surface area contributed by atoms with Gasteiger partial charge in [-0.2, -0.15) is 0 Å². The average molecular weight is 324 g/mol. The second kappa shape index (κ2) is 6.17. The number of hydrogen-bond donors (Lipinski definition) is 1. The van der Waals surface area contributed by atoms with Gasteiger partial charge in [-0.1, -0.05) is 34.1 Å². The molecule has 2 N–H and O–H groups in total. The minimum absolute atomic E-state index is 0.145. The zero-order valence-electron chi connectivity index (χ0n) is 10.6. The molecule has 0 saturated heterocycles. The van der Waals surface area contributed by atoms with E-state index in [1.54, 1.807) is 18.2 Å². The lowest BCUT2D eigenvalue weighted by atomic mass is 10.1. The average Bonchev–Trinajstić information content (AvgIpc) is 2.38. The Balaban J connectivity index is 2.18. The molecule has 0 saturated carbocycles. The number of rotatable bonds is 4. The molecule has 2 nitrogen and oxygen atoms in total. The first kappa shape index (κ1) is 14.0. The lowest BCUT2D eigenvalue weighted by molar-refractivity contribution is 0.295. The quantitative estimate of drug-likeness (QED) is 0.915. The van der Waals surface area contributed by atoms with E-state index in [4.69, 9.17) is 10.5 Å².